The second-order valence-corrected chi connectivity index (χ2v) is 6.84. The van der Waals surface area contributed by atoms with Crippen molar-refractivity contribution in [1.29, 1.82) is 0 Å². The van der Waals surface area contributed by atoms with Crippen LogP contribution in [-0.2, 0) is 6.18 Å². The summed E-state index contributed by atoms with van der Waals surface area (Å²) < 4.78 is 52.0. The highest BCUT2D eigenvalue weighted by Gasteiger charge is 2.32. The van der Waals surface area contributed by atoms with E-state index in [0.717, 1.165) is 33.5 Å². The van der Waals surface area contributed by atoms with E-state index in [-0.39, 0.29) is 5.56 Å². The Hall–Kier alpha value is -0.880. The molecule has 0 aliphatic carbocycles. The van der Waals surface area contributed by atoms with Gasteiger partial charge in [-0.05, 0) is 43.7 Å². The Kier molecular flexibility index (Phi) is 4.25. The molecule has 0 bridgehead atoms. The van der Waals surface area contributed by atoms with Crippen LogP contribution in [0.1, 0.15) is 31.3 Å². The molecular formula is C14H11BrF4S. The molecule has 0 amide bonds. The molecule has 1 heterocycles. The Bertz CT molecular complexity index is 631. The van der Waals surface area contributed by atoms with Crippen molar-refractivity contribution >= 4 is 27.3 Å². The van der Waals surface area contributed by atoms with E-state index in [1.807, 2.05) is 19.9 Å². The number of thiophene rings is 1. The fraction of sp³-hybridized carbons (Fsp3) is 0.286. The molecule has 1 unspecified atom stereocenters. The molecule has 2 aromatic rings. The lowest BCUT2D eigenvalue weighted by Gasteiger charge is -2.14. The molecule has 6 heteroatoms. The summed E-state index contributed by atoms with van der Waals surface area (Å²) in [4.78, 5) is 1.41. The first-order valence-electron chi connectivity index (χ1n) is 5.78. The minimum absolute atomic E-state index is 0.000671. The van der Waals surface area contributed by atoms with E-state index < -0.39 is 22.4 Å². The van der Waals surface area contributed by atoms with Gasteiger partial charge in [0.25, 0.3) is 0 Å². The van der Waals surface area contributed by atoms with Crippen LogP contribution < -0.4 is 0 Å². The van der Waals surface area contributed by atoms with Gasteiger partial charge in [-0.1, -0.05) is 15.9 Å². The molecule has 2 rings (SSSR count). The first kappa shape index (κ1) is 15.5. The van der Waals surface area contributed by atoms with Gasteiger partial charge < -0.3 is 0 Å². The third-order valence-electron chi connectivity index (χ3n) is 2.95. The molecule has 0 N–H and O–H groups in total. The van der Waals surface area contributed by atoms with Crippen molar-refractivity contribution in [3.05, 3.63) is 56.5 Å². The lowest BCUT2D eigenvalue weighted by atomic mass is 10.0. The summed E-state index contributed by atoms with van der Waals surface area (Å²) in [6.07, 6.45) is -4.48. The van der Waals surface area contributed by atoms with E-state index in [1.54, 1.807) is 0 Å². The van der Waals surface area contributed by atoms with Crippen LogP contribution in [0.15, 0.2) is 24.3 Å². The Morgan fingerprint density at radius 3 is 2.25 bits per heavy atom. The Balaban J connectivity index is 2.49. The topological polar surface area (TPSA) is 0 Å². The fourth-order valence-electron chi connectivity index (χ4n) is 1.98. The number of alkyl halides is 4. The van der Waals surface area contributed by atoms with Crippen molar-refractivity contribution in [3.8, 4) is 0 Å². The van der Waals surface area contributed by atoms with E-state index in [9.17, 15) is 17.6 Å². The largest absolute Gasteiger partial charge is 0.416 e. The van der Waals surface area contributed by atoms with Gasteiger partial charge in [0.15, 0.2) is 0 Å². The summed E-state index contributed by atoms with van der Waals surface area (Å²) in [5, 5.41) is 0. The standard InChI is InChI=1S/C14H11BrF4S/c1-7-5-10(8(2)20-7)13(15)11-6-9(14(17,18)19)3-4-12(11)16/h3-6,13H,1-2H3. The first-order valence-corrected chi connectivity index (χ1v) is 7.51. The normalized spacial score (nSPS) is 13.6. The van der Waals surface area contributed by atoms with Crippen LogP contribution in [-0.4, -0.2) is 0 Å². The Morgan fingerprint density at radius 1 is 1.10 bits per heavy atom. The Morgan fingerprint density at radius 2 is 1.75 bits per heavy atom. The van der Waals surface area contributed by atoms with Gasteiger partial charge in [0.1, 0.15) is 5.82 Å². The lowest BCUT2D eigenvalue weighted by Crippen LogP contribution is -2.07. The van der Waals surface area contributed by atoms with Crippen LogP contribution in [0, 0.1) is 19.7 Å². The van der Waals surface area contributed by atoms with Gasteiger partial charge in [0.05, 0.1) is 10.4 Å². The number of benzene rings is 1. The maximum absolute atomic E-state index is 13.8. The summed E-state index contributed by atoms with van der Waals surface area (Å²) in [7, 11) is 0. The van der Waals surface area contributed by atoms with Crippen molar-refractivity contribution in [2.24, 2.45) is 0 Å². The monoisotopic (exact) mass is 366 g/mol. The van der Waals surface area contributed by atoms with Gasteiger partial charge in [-0.25, -0.2) is 4.39 Å². The van der Waals surface area contributed by atoms with Crippen LogP contribution >= 0.6 is 27.3 Å². The maximum atomic E-state index is 13.8. The fourth-order valence-corrected chi connectivity index (χ4v) is 3.93. The highest BCUT2D eigenvalue weighted by molar-refractivity contribution is 9.09. The van der Waals surface area contributed by atoms with Gasteiger partial charge in [-0.2, -0.15) is 13.2 Å². The summed E-state index contributed by atoms with van der Waals surface area (Å²) >= 11 is 4.84. The smallest absolute Gasteiger partial charge is 0.207 e. The van der Waals surface area contributed by atoms with Crippen LogP contribution in [0.5, 0.6) is 0 Å². The van der Waals surface area contributed by atoms with Gasteiger partial charge >= 0.3 is 6.18 Å². The summed E-state index contributed by atoms with van der Waals surface area (Å²) in [5.41, 5.74) is -0.0468. The molecule has 108 valence electrons. The predicted octanol–water partition coefficient (Wildman–Crippen LogP) is 6.01. The molecule has 0 aliphatic rings. The minimum atomic E-state index is -4.48. The highest BCUT2D eigenvalue weighted by Crippen LogP contribution is 2.40. The average molecular weight is 367 g/mol. The number of hydrogen-bond donors (Lipinski definition) is 0. The molecule has 0 radical (unpaired) electrons. The first-order chi connectivity index (χ1) is 9.20. The molecule has 0 saturated heterocycles. The van der Waals surface area contributed by atoms with Gasteiger partial charge in [-0.3, -0.25) is 0 Å². The molecule has 0 saturated carbocycles. The SMILES string of the molecule is Cc1cc(C(Br)c2cc(C(F)(F)F)ccc2F)c(C)s1. The van der Waals surface area contributed by atoms with E-state index in [1.165, 1.54) is 11.3 Å². The second-order valence-electron chi connectivity index (χ2n) is 4.47. The summed E-state index contributed by atoms with van der Waals surface area (Å²) in [5.74, 6) is -0.650. The van der Waals surface area contributed by atoms with Crippen LogP contribution in [0.4, 0.5) is 17.6 Å². The van der Waals surface area contributed by atoms with Crippen molar-refractivity contribution in [3.63, 3.8) is 0 Å². The van der Waals surface area contributed by atoms with Gasteiger partial charge in [-0.15, -0.1) is 11.3 Å². The molecule has 0 fully saturated rings. The number of rotatable bonds is 2. The van der Waals surface area contributed by atoms with Crippen molar-refractivity contribution in [1.82, 2.24) is 0 Å². The maximum Gasteiger partial charge on any atom is 0.416 e. The molecule has 1 atom stereocenters. The zero-order chi connectivity index (χ0) is 15.1. The van der Waals surface area contributed by atoms with E-state index in [2.05, 4.69) is 15.9 Å². The van der Waals surface area contributed by atoms with Crippen LogP contribution in [0.3, 0.4) is 0 Å². The van der Waals surface area contributed by atoms with Crippen molar-refractivity contribution in [2.75, 3.05) is 0 Å². The second kappa shape index (κ2) is 5.48. The van der Waals surface area contributed by atoms with Crippen molar-refractivity contribution in [2.45, 2.75) is 24.9 Å². The third-order valence-corrected chi connectivity index (χ3v) is 4.92. The molecule has 1 aromatic carbocycles. The zero-order valence-electron chi connectivity index (χ0n) is 10.7. The molecule has 0 spiro atoms. The molecular weight excluding hydrogens is 356 g/mol. The Labute approximate surface area is 126 Å². The quantitative estimate of drug-likeness (QED) is 0.451. The summed E-state index contributed by atoms with van der Waals surface area (Å²) in [6, 6.07) is 4.34. The van der Waals surface area contributed by atoms with Crippen LogP contribution in [0.2, 0.25) is 0 Å². The minimum Gasteiger partial charge on any atom is -0.207 e. The molecule has 1 aromatic heterocycles. The van der Waals surface area contributed by atoms with E-state index in [4.69, 9.17) is 0 Å². The number of halogens is 5. The summed E-state index contributed by atoms with van der Waals surface area (Å²) in [6.45, 7) is 3.77. The highest BCUT2D eigenvalue weighted by atomic mass is 79.9. The third kappa shape index (κ3) is 3.06. The average Bonchev–Trinajstić information content (AvgIpc) is 2.66. The lowest BCUT2D eigenvalue weighted by molar-refractivity contribution is -0.137. The van der Waals surface area contributed by atoms with Gasteiger partial charge in [0, 0.05) is 15.3 Å². The molecule has 20 heavy (non-hydrogen) atoms. The van der Waals surface area contributed by atoms with Gasteiger partial charge in [0.2, 0.25) is 0 Å². The van der Waals surface area contributed by atoms with E-state index in [0.29, 0.717) is 0 Å². The van der Waals surface area contributed by atoms with E-state index >= 15 is 0 Å². The van der Waals surface area contributed by atoms with Crippen molar-refractivity contribution < 1.29 is 17.6 Å². The zero-order valence-corrected chi connectivity index (χ0v) is 13.1. The number of hydrogen-bond acceptors (Lipinski definition) is 1. The molecule has 0 aliphatic heterocycles. The molecule has 0 nitrogen and oxygen atoms in total. The predicted molar refractivity (Wildman–Crippen MR) is 76.0 cm³/mol. The number of aryl methyl sites for hydroxylation is 2. The van der Waals surface area contributed by atoms with Crippen LogP contribution in [0.25, 0.3) is 0 Å².